The number of aldehydes is 1. The molecule has 0 amide bonds. The molecule has 6 heteroatoms. The van der Waals surface area contributed by atoms with Gasteiger partial charge in [-0.25, -0.2) is 4.98 Å². The summed E-state index contributed by atoms with van der Waals surface area (Å²) in [6, 6.07) is 0. The van der Waals surface area contributed by atoms with Gasteiger partial charge in [0.2, 0.25) is 0 Å². The summed E-state index contributed by atoms with van der Waals surface area (Å²) in [5.74, 6) is 2.22. The van der Waals surface area contributed by atoms with Crippen molar-refractivity contribution >= 4 is 28.5 Å². The fourth-order valence-corrected chi connectivity index (χ4v) is 1.23. The second kappa shape index (κ2) is 4.99. The molecular weight excluding hydrogens is 202 g/mol. The smallest absolute Gasteiger partial charge is 0.180 e. The Balaban J connectivity index is 2.77. The van der Waals surface area contributed by atoms with E-state index in [0.717, 1.165) is 0 Å². The number of aromatic nitrogens is 1. The summed E-state index contributed by atoms with van der Waals surface area (Å²) in [5.41, 5.74) is 5.85. The van der Waals surface area contributed by atoms with E-state index in [1.807, 2.05) is 0 Å². The fourth-order valence-electron chi connectivity index (χ4n) is 0.673. The average molecular weight is 209 g/mol. The molecule has 1 aromatic heterocycles. The zero-order chi connectivity index (χ0) is 10.4. The van der Waals surface area contributed by atoms with Crippen LogP contribution in [0, 0.1) is 12.3 Å². The summed E-state index contributed by atoms with van der Waals surface area (Å²) in [4.78, 5) is 19.1. The first-order chi connectivity index (χ1) is 6.77. The third-order valence-electron chi connectivity index (χ3n) is 1.21. The lowest BCUT2D eigenvalue weighted by molar-refractivity contribution is -0.102. The number of hydrogen-bond acceptors (Lipinski definition) is 6. The van der Waals surface area contributed by atoms with Crippen LogP contribution in [-0.4, -0.2) is 23.6 Å². The molecule has 0 radical (unpaired) electrons. The lowest BCUT2D eigenvalue weighted by Gasteiger charge is -1.93. The third-order valence-corrected chi connectivity index (χ3v) is 1.88. The Hall–Kier alpha value is -1.87. The molecule has 1 rings (SSSR count). The van der Waals surface area contributed by atoms with Gasteiger partial charge in [0.15, 0.2) is 23.7 Å². The van der Waals surface area contributed by atoms with Crippen molar-refractivity contribution in [3.63, 3.8) is 0 Å². The first-order valence-corrected chi connectivity index (χ1v) is 4.46. The summed E-state index contributed by atoms with van der Waals surface area (Å²) >= 11 is 1.22. The van der Waals surface area contributed by atoms with Crippen molar-refractivity contribution in [3.8, 4) is 12.3 Å². The number of carbonyl (C=O) groups excluding carboxylic acids is 1. The molecule has 0 atom stereocenters. The Morgan fingerprint density at radius 1 is 1.93 bits per heavy atom. The molecule has 0 aliphatic rings. The summed E-state index contributed by atoms with van der Waals surface area (Å²) in [7, 11) is 0. The van der Waals surface area contributed by atoms with Gasteiger partial charge in [0.1, 0.15) is 5.69 Å². The topological polar surface area (TPSA) is 77.6 Å². The Bertz CT molecular complexity index is 392. The Labute approximate surface area is 84.6 Å². The largest absolute Gasteiger partial charge is 0.382 e. The van der Waals surface area contributed by atoms with Crippen LogP contribution in [0.15, 0.2) is 10.5 Å². The van der Waals surface area contributed by atoms with Gasteiger partial charge in [-0.3, -0.25) is 4.79 Å². The highest BCUT2D eigenvalue weighted by atomic mass is 32.1. The van der Waals surface area contributed by atoms with Gasteiger partial charge >= 0.3 is 0 Å². The normalized spacial score (nSPS) is 10.6. The maximum absolute atomic E-state index is 10.6. The highest BCUT2D eigenvalue weighted by molar-refractivity contribution is 7.13. The van der Waals surface area contributed by atoms with E-state index in [2.05, 4.69) is 20.9 Å². The second-order valence-electron chi connectivity index (χ2n) is 2.14. The highest BCUT2D eigenvalue weighted by Crippen LogP contribution is 2.11. The monoisotopic (exact) mass is 209 g/mol. The maximum atomic E-state index is 10.6. The zero-order valence-electron chi connectivity index (χ0n) is 7.14. The Kier molecular flexibility index (Phi) is 3.64. The number of hydrogen-bond donors (Lipinski definition) is 1. The molecule has 1 heterocycles. The van der Waals surface area contributed by atoms with Crippen LogP contribution in [0.2, 0.25) is 0 Å². The van der Waals surface area contributed by atoms with Crippen LogP contribution in [0.1, 0.15) is 5.69 Å². The van der Waals surface area contributed by atoms with Crippen molar-refractivity contribution in [3.05, 3.63) is 11.1 Å². The number of rotatable bonds is 4. The van der Waals surface area contributed by atoms with Gasteiger partial charge in [0.25, 0.3) is 0 Å². The van der Waals surface area contributed by atoms with E-state index >= 15 is 0 Å². The molecule has 1 aromatic rings. The molecule has 0 unspecified atom stereocenters. The van der Waals surface area contributed by atoms with E-state index in [9.17, 15) is 4.79 Å². The van der Waals surface area contributed by atoms with Crippen LogP contribution in [0.4, 0.5) is 5.13 Å². The number of nitrogen functional groups attached to an aromatic ring is 1. The van der Waals surface area contributed by atoms with Crippen LogP contribution in [0.5, 0.6) is 0 Å². The van der Waals surface area contributed by atoms with Crippen molar-refractivity contribution < 1.29 is 9.63 Å². The number of nitrogens with zero attached hydrogens (tertiary/aromatic N) is 2. The van der Waals surface area contributed by atoms with Crippen molar-refractivity contribution in [2.45, 2.75) is 0 Å². The molecule has 72 valence electrons. The Morgan fingerprint density at radius 2 is 2.71 bits per heavy atom. The summed E-state index contributed by atoms with van der Waals surface area (Å²) in [6.45, 7) is 0.0109. The number of oxime groups is 1. The summed E-state index contributed by atoms with van der Waals surface area (Å²) < 4.78 is 0. The molecule has 5 nitrogen and oxygen atoms in total. The van der Waals surface area contributed by atoms with E-state index in [1.54, 1.807) is 5.38 Å². The molecule has 0 saturated carbocycles. The summed E-state index contributed by atoms with van der Waals surface area (Å²) in [6.07, 6.45) is 5.47. The van der Waals surface area contributed by atoms with Gasteiger partial charge in [-0.05, 0) is 0 Å². The van der Waals surface area contributed by atoms with Crippen LogP contribution in [-0.2, 0) is 9.63 Å². The molecule has 0 bridgehead atoms. The SMILES string of the molecule is C#CCO/N=C(\C=O)c1csc(N)n1. The second-order valence-corrected chi connectivity index (χ2v) is 3.03. The molecular formula is C8H7N3O2S. The minimum absolute atomic E-state index is 0.0109. The van der Waals surface area contributed by atoms with Gasteiger partial charge in [0.05, 0.1) is 0 Å². The van der Waals surface area contributed by atoms with Crippen LogP contribution in [0.25, 0.3) is 0 Å². The maximum Gasteiger partial charge on any atom is 0.180 e. The Morgan fingerprint density at radius 3 is 3.21 bits per heavy atom. The van der Waals surface area contributed by atoms with E-state index in [-0.39, 0.29) is 12.3 Å². The number of terminal acetylenes is 1. The number of anilines is 1. The molecule has 0 aromatic carbocycles. The summed E-state index contributed by atoms with van der Waals surface area (Å²) in [5, 5.41) is 5.49. The predicted molar refractivity (Wildman–Crippen MR) is 53.9 cm³/mol. The quantitative estimate of drug-likeness (QED) is 0.254. The molecule has 14 heavy (non-hydrogen) atoms. The zero-order valence-corrected chi connectivity index (χ0v) is 7.95. The number of thiazole rings is 1. The lowest BCUT2D eigenvalue weighted by atomic mass is 10.3. The minimum Gasteiger partial charge on any atom is -0.382 e. The van der Waals surface area contributed by atoms with Gasteiger partial charge in [-0.15, -0.1) is 17.8 Å². The minimum atomic E-state index is 0.0109. The molecule has 0 fully saturated rings. The van der Waals surface area contributed by atoms with Crippen LogP contribution < -0.4 is 5.73 Å². The first-order valence-electron chi connectivity index (χ1n) is 3.58. The van der Waals surface area contributed by atoms with Gasteiger partial charge in [0, 0.05) is 5.38 Å². The third kappa shape index (κ3) is 2.57. The lowest BCUT2D eigenvalue weighted by Crippen LogP contribution is -2.04. The molecule has 2 N–H and O–H groups in total. The average Bonchev–Trinajstić information content (AvgIpc) is 2.60. The van der Waals surface area contributed by atoms with Crippen molar-refractivity contribution in [2.75, 3.05) is 12.3 Å². The molecule has 0 saturated heterocycles. The fraction of sp³-hybridized carbons (Fsp3) is 0.125. The van der Waals surface area contributed by atoms with E-state index in [4.69, 9.17) is 12.2 Å². The standard InChI is InChI=1S/C8H7N3O2S/c1-2-3-13-11-6(4-12)7-5-14-8(9)10-7/h1,4-5H,3H2,(H2,9,10)/b11-6+. The molecule has 0 spiro atoms. The van der Waals surface area contributed by atoms with Gasteiger partial charge in [-0.1, -0.05) is 11.1 Å². The van der Waals surface area contributed by atoms with E-state index in [1.165, 1.54) is 11.3 Å². The number of nitrogens with two attached hydrogens (primary N) is 1. The van der Waals surface area contributed by atoms with Crippen molar-refractivity contribution in [1.82, 2.24) is 4.98 Å². The van der Waals surface area contributed by atoms with E-state index in [0.29, 0.717) is 17.1 Å². The van der Waals surface area contributed by atoms with Crippen LogP contribution in [0.3, 0.4) is 0 Å². The van der Waals surface area contributed by atoms with Crippen LogP contribution >= 0.6 is 11.3 Å². The first kappa shape index (κ1) is 10.2. The van der Waals surface area contributed by atoms with Gasteiger partial charge in [-0.2, -0.15) is 0 Å². The molecule has 0 aliphatic heterocycles. The van der Waals surface area contributed by atoms with E-state index < -0.39 is 0 Å². The number of carbonyl (C=O) groups is 1. The van der Waals surface area contributed by atoms with Gasteiger partial charge < -0.3 is 10.6 Å². The predicted octanol–water partition coefficient (Wildman–Crippen LogP) is 0.278. The van der Waals surface area contributed by atoms with Crippen molar-refractivity contribution in [2.24, 2.45) is 5.16 Å². The van der Waals surface area contributed by atoms with Crippen molar-refractivity contribution in [1.29, 1.82) is 0 Å². The molecule has 0 aliphatic carbocycles. The highest BCUT2D eigenvalue weighted by Gasteiger charge is 2.06.